The van der Waals surface area contributed by atoms with Crippen LogP contribution in [0.1, 0.15) is 30.4 Å². The van der Waals surface area contributed by atoms with Crippen LogP contribution in [-0.4, -0.2) is 61.6 Å². The zero-order valence-electron chi connectivity index (χ0n) is 23.5. The summed E-state index contributed by atoms with van der Waals surface area (Å²) in [6.45, 7) is 4.54. The van der Waals surface area contributed by atoms with Crippen molar-refractivity contribution in [2.75, 3.05) is 60.9 Å². The number of carbonyl (C=O) groups excluding carboxylic acids is 1. The molecule has 1 amide bonds. The first-order valence-electron chi connectivity index (χ1n) is 14.4. The van der Waals surface area contributed by atoms with E-state index in [0.717, 1.165) is 55.0 Å². The molecule has 4 aromatic rings. The Morgan fingerprint density at radius 1 is 0.907 bits per heavy atom. The molecule has 0 bridgehead atoms. The van der Waals surface area contributed by atoms with E-state index in [-0.39, 0.29) is 12.5 Å². The molecule has 1 N–H and O–H groups in total. The van der Waals surface area contributed by atoms with Crippen LogP contribution >= 0.6 is 0 Å². The van der Waals surface area contributed by atoms with Crippen LogP contribution in [0, 0.1) is 11.3 Å². The number of halogens is 3. The maximum Gasteiger partial charge on any atom is 0.416 e. The number of nitrogens with zero attached hydrogens (tertiary/aromatic N) is 5. The summed E-state index contributed by atoms with van der Waals surface area (Å²) in [6, 6.07) is 18.3. The fourth-order valence-corrected chi connectivity index (χ4v) is 5.70. The maximum atomic E-state index is 12.8. The minimum Gasteiger partial charge on any atom is -0.434 e. The second kappa shape index (κ2) is 12.0. The molecule has 222 valence electrons. The van der Waals surface area contributed by atoms with Gasteiger partial charge in [0.25, 0.3) is 0 Å². The van der Waals surface area contributed by atoms with Crippen molar-refractivity contribution < 1.29 is 22.4 Å². The van der Waals surface area contributed by atoms with Crippen LogP contribution in [0.3, 0.4) is 0 Å². The van der Waals surface area contributed by atoms with Crippen molar-refractivity contribution in [3.05, 3.63) is 71.8 Å². The van der Waals surface area contributed by atoms with E-state index < -0.39 is 11.7 Å². The number of hydrogen-bond donors (Lipinski definition) is 1. The number of amides is 1. The summed E-state index contributed by atoms with van der Waals surface area (Å²) >= 11 is 0. The summed E-state index contributed by atoms with van der Waals surface area (Å²) in [5, 5.41) is 12.5. The molecule has 43 heavy (non-hydrogen) atoms. The molecule has 0 atom stereocenters. The van der Waals surface area contributed by atoms with Crippen LogP contribution in [0.5, 0.6) is 0 Å². The number of carbonyl (C=O) groups is 1. The van der Waals surface area contributed by atoms with Gasteiger partial charge in [-0.05, 0) is 79.9 Å². The van der Waals surface area contributed by atoms with Gasteiger partial charge < -0.3 is 19.5 Å². The van der Waals surface area contributed by atoms with E-state index in [0.29, 0.717) is 54.4 Å². The van der Waals surface area contributed by atoms with Crippen LogP contribution in [-0.2, 0) is 11.0 Å². The lowest BCUT2D eigenvalue weighted by atomic mass is 10.1. The van der Waals surface area contributed by atoms with Crippen molar-refractivity contribution in [2.45, 2.75) is 25.4 Å². The highest BCUT2D eigenvalue weighted by molar-refractivity contribution is 5.93. The molecular formula is C32H31F3N6O2. The lowest BCUT2D eigenvalue weighted by molar-refractivity contribution is -0.137. The second-order valence-electron chi connectivity index (χ2n) is 11.0. The van der Waals surface area contributed by atoms with E-state index in [2.05, 4.69) is 21.3 Å². The van der Waals surface area contributed by atoms with E-state index in [4.69, 9.17) is 4.42 Å². The average Bonchev–Trinajstić information content (AvgIpc) is 3.45. The van der Waals surface area contributed by atoms with Gasteiger partial charge >= 0.3 is 6.18 Å². The van der Waals surface area contributed by atoms with Gasteiger partial charge in [-0.3, -0.25) is 9.69 Å². The van der Waals surface area contributed by atoms with E-state index in [9.17, 15) is 23.2 Å². The van der Waals surface area contributed by atoms with E-state index in [1.54, 1.807) is 18.2 Å². The van der Waals surface area contributed by atoms with Gasteiger partial charge in [0.2, 0.25) is 11.8 Å². The van der Waals surface area contributed by atoms with Crippen molar-refractivity contribution in [1.82, 2.24) is 9.88 Å². The summed E-state index contributed by atoms with van der Waals surface area (Å²) in [6.07, 6.45) is -0.948. The van der Waals surface area contributed by atoms with Crippen molar-refractivity contribution in [2.24, 2.45) is 0 Å². The molecule has 8 nitrogen and oxygen atoms in total. The maximum absolute atomic E-state index is 12.8. The third kappa shape index (κ3) is 6.44. The summed E-state index contributed by atoms with van der Waals surface area (Å²) in [5.74, 6) is 0.306. The largest absolute Gasteiger partial charge is 0.434 e. The van der Waals surface area contributed by atoms with Crippen molar-refractivity contribution in [1.29, 1.82) is 5.26 Å². The molecule has 2 aliphatic rings. The number of piperidine rings is 1. The minimum atomic E-state index is -4.35. The molecule has 2 aliphatic heterocycles. The monoisotopic (exact) mass is 588 g/mol. The summed E-state index contributed by atoms with van der Waals surface area (Å²) < 4.78 is 44.8. The number of fused-ring (bicyclic) bond motifs is 1. The minimum absolute atomic E-state index is 0.146. The number of alkyl halides is 3. The molecule has 2 saturated heterocycles. The number of rotatable bonds is 6. The predicted octanol–water partition coefficient (Wildman–Crippen LogP) is 6.14. The number of piperazine rings is 1. The van der Waals surface area contributed by atoms with Gasteiger partial charge in [0.05, 0.1) is 29.4 Å². The van der Waals surface area contributed by atoms with Gasteiger partial charge in [-0.15, -0.1) is 0 Å². The fraction of sp³-hybridized carbons (Fsp3) is 0.344. The Morgan fingerprint density at radius 3 is 2.26 bits per heavy atom. The molecule has 0 aliphatic carbocycles. The number of hydrogen-bond acceptors (Lipinski definition) is 7. The first kappa shape index (κ1) is 28.6. The number of benzene rings is 3. The average molecular weight is 589 g/mol. The standard InChI is InChI=1S/C32H31F3N6O2/c33-32(34,35)24-6-10-26(11-7-24)40-16-14-39(15-17-40)21-29(42)37-25-8-4-23(5-9-25)31-38-27-18-22(20-36)19-28(30(27)43-31)41-12-2-1-3-13-41/h4-11,18-19H,1-3,12-17,21H2,(H,37,42). The molecule has 0 radical (unpaired) electrons. The second-order valence-corrected chi connectivity index (χ2v) is 11.0. The Bertz CT molecular complexity index is 1630. The molecule has 0 saturated carbocycles. The number of aromatic nitrogens is 1. The van der Waals surface area contributed by atoms with Gasteiger partial charge in [-0.25, -0.2) is 4.98 Å². The Balaban J connectivity index is 1.05. The Morgan fingerprint density at radius 2 is 1.60 bits per heavy atom. The summed E-state index contributed by atoms with van der Waals surface area (Å²) in [7, 11) is 0. The molecule has 11 heteroatoms. The van der Waals surface area contributed by atoms with Gasteiger partial charge in [0, 0.05) is 56.2 Å². The quantitative estimate of drug-likeness (QED) is 0.290. The van der Waals surface area contributed by atoms with Crippen LogP contribution < -0.4 is 15.1 Å². The van der Waals surface area contributed by atoms with E-state index in [1.807, 2.05) is 28.0 Å². The molecule has 1 aromatic heterocycles. The third-order valence-corrected chi connectivity index (χ3v) is 8.01. The van der Waals surface area contributed by atoms with E-state index in [1.165, 1.54) is 18.6 Å². The summed E-state index contributed by atoms with van der Waals surface area (Å²) in [4.78, 5) is 23.7. The first-order chi connectivity index (χ1) is 20.8. The number of nitriles is 1. The van der Waals surface area contributed by atoms with E-state index >= 15 is 0 Å². The molecule has 3 aromatic carbocycles. The molecule has 0 unspecified atom stereocenters. The number of oxazole rings is 1. The lowest BCUT2D eigenvalue weighted by Gasteiger charge is -2.35. The van der Waals surface area contributed by atoms with Gasteiger partial charge in [0.1, 0.15) is 5.52 Å². The molecule has 6 rings (SSSR count). The topological polar surface area (TPSA) is 88.6 Å². The highest BCUT2D eigenvalue weighted by Crippen LogP contribution is 2.35. The summed E-state index contributed by atoms with van der Waals surface area (Å²) in [5.41, 5.74) is 4.25. The smallest absolute Gasteiger partial charge is 0.416 e. The van der Waals surface area contributed by atoms with Gasteiger partial charge in [0.15, 0.2) is 5.58 Å². The Kier molecular flexibility index (Phi) is 7.95. The van der Waals surface area contributed by atoms with Crippen molar-refractivity contribution >= 4 is 34.1 Å². The number of nitrogens with one attached hydrogen (secondary N) is 1. The van der Waals surface area contributed by atoms with Crippen molar-refractivity contribution in [3.63, 3.8) is 0 Å². The van der Waals surface area contributed by atoms with Crippen LogP contribution in [0.25, 0.3) is 22.6 Å². The van der Waals surface area contributed by atoms with Crippen LogP contribution in [0.15, 0.2) is 65.1 Å². The highest BCUT2D eigenvalue weighted by atomic mass is 19.4. The molecule has 3 heterocycles. The van der Waals surface area contributed by atoms with Crippen LogP contribution in [0.4, 0.5) is 30.2 Å². The SMILES string of the molecule is N#Cc1cc(N2CCCCC2)c2oc(-c3ccc(NC(=O)CN4CCN(c5ccc(C(F)(F)F)cc5)CC4)cc3)nc2c1. The zero-order chi connectivity index (χ0) is 30.0. The molecular weight excluding hydrogens is 557 g/mol. The first-order valence-corrected chi connectivity index (χ1v) is 14.4. The predicted molar refractivity (Wildman–Crippen MR) is 159 cm³/mol. The zero-order valence-corrected chi connectivity index (χ0v) is 23.5. The van der Waals surface area contributed by atoms with Gasteiger partial charge in [-0.2, -0.15) is 18.4 Å². The Labute approximate surface area is 247 Å². The van der Waals surface area contributed by atoms with Crippen LogP contribution in [0.2, 0.25) is 0 Å². The third-order valence-electron chi connectivity index (χ3n) is 8.01. The van der Waals surface area contributed by atoms with Gasteiger partial charge in [-0.1, -0.05) is 0 Å². The highest BCUT2D eigenvalue weighted by Gasteiger charge is 2.30. The molecule has 0 spiro atoms. The lowest BCUT2D eigenvalue weighted by Crippen LogP contribution is -2.48. The molecule has 2 fully saturated rings. The van der Waals surface area contributed by atoms with Crippen molar-refractivity contribution in [3.8, 4) is 17.5 Å². The fourth-order valence-electron chi connectivity index (χ4n) is 5.70. The number of anilines is 3. The normalized spacial score (nSPS) is 16.3. The Hall–Kier alpha value is -4.56.